The average Bonchev–Trinajstić information content (AvgIpc) is 2.92. The van der Waals surface area contributed by atoms with Gasteiger partial charge in [-0.15, -0.1) is 0 Å². The average molecular weight is 364 g/mol. The molecule has 3 heterocycles. The normalized spacial score (nSPS) is 31.3. The van der Waals surface area contributed by atoms with E-state index in [0.717, 1.165) is 77.5 Å². The fourth-order valence-electron chi connectivity index (χ4n) is 4.29. The maximum absolute atomic E-state index is 13.1. The molecular formula is C20H29FN2O3. The molecule has 1 aromatic rings. The predicted octanol–water partition coefficient (Wildman–Crippen LogP) is 1.91. The number of nitrogens with zero attached hydrogens (tertiary/aromatic N) is 2. The molecule has 0 aromatic heterocycles. The lowest BCUT2D eigenvalue weighted by Gasteiger charge is -2.33. The molecule has 0 radical (unpaired) electrons. The smallest absolute Gasteiger partial charge is 0.123 e. The third-order valence-corrected chi connectivity index (χ3v) is 5.65. The topological polar surface area (TPSA) is 34.2 Å². The molecule has 0 unspecified atom stereocenters. The lowest BCUT2D eigenvalue weighted by atomic mass is 9.99. The van der Waals surface area contributed by atoms with E-state index in [-0.39, 0.29) is 17.5 Å². The highest BCUT2D eigenvalue weighted by molar-refractivity contribution is 5.16. The number of benzene rings is 1. The Bertz CT molecular complexity index is 579. The first-order valence-electron chi connectivity index (χ1n) is 9.73. The number of rotatable bonds is 4. The first-order chi connectivity index (χ1) is 12.7. The number of halogens is 1. The van der Waals surface area contributed by atoms with E-state index >= 15 is 0 Å². The summed E-state index contributed by atoms with van der Waals surface area (Å²) < 4.78 is 31.0. The van der Waals surface area contributed by atoms with Crippen LogP contribution in [0, 0.1) is 5.82 Å². The Morgan fingerprint density at radius 1 is 1.00 bits per heavy atom. The quantitative estimate of drug-likeness (QED) is 0.815. The van der Waals surface area contributed by atoms with Crippen molar-refractivity contribution in [2.24, 2.45) is 0 Å². The van der Waals surface area contributed by atoms with E-state index in [2.05, 4.69) is 9.80 Å². The molecule has 3 saturated heterocycles. The second kappa shape index (κ2) is 8.31. The van der Waals surface area contributed by atoms with Crippen molar-refractivity contribution in [2.45, 2.75) is 31.1 Å². The molecule has 6 heteroatoms. The standard InChI is InChI=1S/C20H29FN2O3/c21-18-3-1-17(2-4-18)13-23-9-12-25-16-20(15-23)6-5-19(26-20)14-22-7-10-24-11-8-22/h1-4,19H,5-16H2/t19-,20+/m0/s1. The molecule has 0 N–H and O–H groups in total. The second-order valence-corrected chi connectivity index (χ2v) is 7.76. The third kappa shape index (κ3) is 4.61. The Morgan fingerprint density at radius 2 is 1.73 bits per heavy atom. The minimum absolute atomic E-state index is 0.186. The van der Waals surface area contributed by atoms with Crippen molar-refractivity contribution < 1.29 is 18.6 Å². The summed E-state index contributed by atoms with van der Waals surface area (Å²) in [6.07, 6.45) is 2.41. The van der Waals surface area contributed by atoms with Gasteiger partial charge in [0.25, 0.3) is 0 Å². The molecule has 1 aromatic carbocycles. The summed E-state index contributed by atoms with van der Waals surface area (Å²) in [5, 5.41) is 0. The third-order valence-electron chi connectivity index (χ3n) is 5.65. The van der Waals surface area contributed by atoms with Crippen LogP contribution in [0.5, 0.6) is 0 Å². The summed E-state index contributed by atoms with van der Waals surface area (Å²) in [6, 6.07) is 6.79. The first-order valence-corrected chi connectivity index (χ1v) is 9.73. The Balaban J connectivity index is 1.35. The zero-order valence-corrected chi connectivity index (χ0v) is 15.4. The van der Waals surface area contributed by atoms with E-state index in [1.807, 2.05) is 12.1 Å². The molecule has 5 nitrogen and oxygen atoms in total. The van der Waals surface area contributed by atoms with Crippen molar-refractivity contribution in [3.8, 4) is 0 Å². The van der Waals surface area contributed by atoms with E-state index in [1.165, 1.54) is 12.1 Å². The molecule has 1 spiro atoms. The minimum atomic E-state index is -0.201. The molecule has 26 heavy (non-hydrogen) atoms. The van der Waals surface area contributed by atoms with E-state index in [0.29, 0.717) is 6.61 Å². The summed E-state index contributed by atoms with van der Waals surface area (Å²) in [6.45, 7) is 8.61. The van der Waals surface area contributed by atoms with Crippen molar-refractivity contribution in [1.82, 2.24) is 9.80 Å². The van der Waals surface area contributed by atoms with Crippen LogP contribution in [0.3, 0.4) is 0 Å². The fourth-order valence-corrected chi connectivity index (χ4v) is 4.29. The van der Waals surface area contributed by atoms with Crippen LogP contribution in [-0.4, -0.2) is 80.7 Å². The molecular weight excluding hydrogens is 335 g/mol. The highest BCUT2D eigenvalue weighted by Crippen LogP contribution is 2.34. The Hall–Kier alpha value is -1.05. The van der Waals surface area contributed by atoms with Crippen LogP contribution in [0.2, 0.25) is 0 Å². The van der Waals surface area contributed by atoms with Crippen LogP contribution in [0.4, 0.5) is 4.39 Å². The summed E-state index contributed by atoms with van der Waals surface area (Å²) in [5.41, 5.74) is 0.930. The SMILES string of the molecule is Fc1ccc(CN2CCOC[C@@]3(CC[C@@H](CN4CCOCC4)O3)C2)cc1. The highest BCUT2D eigenvalue weighted by atomic mass is 19.1. The van der Waals surface area contributed by atoms with E-state index < -0.39 is 0 Å². The number of ether oxygens (including phenoxy) is 3. The summed E-state index contributed by atoms with van der Waals surface area (Å²) in [4.78, 5) is 4.83. The van der Waals surface area contributed by atoms with Gasteiger partial charge in [-0.3, -0.25) is 9.80 Å². The minimum Gasteiger partial charge on any atom is -0.379 e. The van der Waals surface area contributed by atoms with Gasteiger partial charge < -0.3 is 14.2 Å². The van der Waals surface area contributed by atoms with E-state index in [9.17, 15) is 4.39 Å². The number of hydrogen-bond donors (Lipinski definition) is 0. The van der Waals surface area contributed by atoms with Gasteiger partial charge in [0, 0.05) is 39.3 Å². The monoisotopic (exact) mass is 364 g/mol. The second-order valence-electron chi connectivity index (χ2n) is 7.76. The Morgan fingerprint density at radius 3 is 2.54 bits per heavy atom. The van der Waals surface area contributed by atoms with E-state index in [4.69, 9.17) is 14.2 Å². The molecule has 3 aliphatic rings. The van der Waals surface area contributed by atoms with E-state index in [1.54, 1.807) is 0 Å². The summed E-state index contributed by atoms with van der Waals surface area (Å²) in [7, 11) is 0. The zero-order valence-electron chi connectivity index (χ0n) is 15.4. The fraction of sp³-hybridized carbons (Fsp3) is 0.700. The number of morpholine rings is 1. The summed E-state index contributed by atoms with van der Waals surface area (Å²) in [5.74, 6) is -0.186. The van der Waals surface area contributed by atoms with Gasteiger partial charge in [0.2, 0.25) is 0 Å². The molecule has 0 saturated carbocycles. The zero-order chi connectivity index (χ0) is 17.8. The highest BCUT2D eigenvalue weighted by Gasteiger charge is 2.43. The number of hydrogen-bond acceptors (Lipinski definition) is 5. The lowest BCUT2D eigenvalue weighted by molar-refractivity contribution is -0.0967. The van der Waals surface area contributed by atoms with Gasteiger partial charge in [-0.25, -0.2) is 4.39 Å². The van der Waals surface area contributed by atoms with Crippen molar-refractivity contribution >= 4 is 0 Å². The van der Waals surface area contributed by atoms with Crippen molar-refractivity contribution in [3.05, 3.63) is 35.6 Å². The van der Waals surface area contributed by atoms with Gasteiger partial charge in [-0.05, 0) is 30.5 Å². The van der Waals surface area contributed by atoms with Crippen LogP contribution >= 0.6 is 0 Å². The van der Waals surface area contributed by atoms with Gasteiger partial charge in [0.15, 0.2) is 0 Å². The largest absolute Gasteiger partial charge is 0.379 e. The molecule has 144 valence electrons. The van der Waals surface area contributed by atoms with Crippen LogP contribution in [-0.2, 0) is 20.8 Å². The molecule has 0 bridgehead atoms. The molecule has 3 aliphatic heterocycles. The maximum atomic E-state index is 13.1. The Kier molecular flexibility index (Phi) is 5.86. The van der Waals surface area contributed by atoms with Crippen molar-refractivity contribution in [1.29, 1.82) is 0 Å². The van der Waals surface area contributed by atoms with Gasteiger partial charge in [-0.2, -0.15) is 0 Å². The molecule has 4 rings (SSSR count). The van der Waals surface area contributed by atoms with Gasteiger partial charge in [-0.1, -0.05) is 12.1 Å². The molecule has 0 amide bonds. The van der Waals surface area contributed by atoms with Crippen molar-refractivity contribution in [3.63, 3.8) is 0 Å². The predicted molar refractivity (Wildman–Crippen MR) is 96.6 cm³/mol. The van der Waals surface area contributed by atoms with Crippen LogP contribution in [0.1, 0.15) is 18.4 Å². The van der Waals surface area contributed by atoms with Gasteiger partial charge in [0.1, 0.15) is 11.4 Å². The molecule has 2 atom stereocenters. The van der Waals surface area contributed by atoms with Crippen LogP contribution in [0.25, 0.3) is 0 Å². The Labute approximate surface area is 155 Å². The van der Waals surface area contributed by atoms with Crippen molar-refractivity contribution in [2.75, 3.05) is 59.2 Å². The van der Waals surface area contributed by atoms with Gasteiger partial charge in [0.05, 0.1) is 32.5 Å². The first kappa shape index (κ1) is 18.3. The van der Waals surface area contributed by atoms with Gasteiger partial charge >= 0.3 is 0 Å². The van der Waals surface area contributed by atoms with Crippen LogP contribution < -0.4 is 0 Å². The molecule has 3 fully saturated rings. The maximum Gasteiger partial charge on any atom is 0.123 e. The van der Waals surface area contributed by atoms with Crippen LogP contribution in [0.15, 0.2) is 24.3 Å². The lowest BCUT2D eigenvalue weighted by Crippen LogP contribution is -2.46. The summed E-state index contributed by atoms with van der Waals surface area (Å²) >= 11 is 0. The molecule has 0 aliphatic carbocycles.